The molecule has 0 heterocycles. The summed E-state index contributed by atoms with van der Waals surface area (Å²) in [4.78, 5) is 12.1. The van der Waals surface area contributed by atoms with Crippen molar-refractivity contribution >= 4 is 17.4 Å². The molecule has 0 spiro atoms. The molecule has 0 bridgehead atoms. The fraction of sp³-hybridized carbons (Fsp3) is 0.0714. The first-order valence-electron chi connectivity index (χ1n) is 5.36. The Morgan fingerprint density at radius 1 is 1.16 bits per heavy atom. The van der Waals surface area contributed by atoms with Crippen LogP contribution in [-0.4, -0.2) is 12.9 Å². The molecule has 0 unspecified atom stereocenters. The Morgan fingerprint density at radius 2 is 1.89 bits per heavy atom. The average Bonchev–Trinajstić information content (AvgIpc) is 2.41. The highest BCUT2D eigenvalue weighted by Gasteiger charge is 2.16. The van der Waals surface area contributed by atoms with Crippen LogP contribution in [0.25, 0.3) is 0 Å². The van der Waals surface area contributed by atoms with E-state index in [2.05, 4.69) is 0 Å². The van der Waals surface area contributed by atoms with Crippen molar-refractivity contribution in [3.8, 4) is 5.75 Å². The molecule has 0 fully saturated rings. The zero-order chi connectivity index (χ0) is 14.0. The summed E-state index contributed by atoms with van der Waals surface area (Å²) >= 11 is 5.83. The topological polar surface area (TPSA) is 26.3 Å². The molecule has 0 N–H and O–H groups in total. The van der Waals surface area contributed by atoms with Gasteiger partial charge in [-0.05, 0) is 36.4 Å². The van der Waals surface area contributed by atoms with E-state index in [1.54, 1.807) is 0 Å². The minimum absolute atomic E-state index is 0.172. The summed E-state index contributed by atoms with van der Waals surface area (Å²) in [7, 11) is 1.40. The first-order valence-corrected chi connectivity index (χ1v) is 5.74. The summed E-state index contributed by atoms with van der Waals surface area (Å²) < 4.78 is 31.6. The Labute approximate surface area is 113 Å². The lowest BCUT2D eigenvalue weighted by Gasteiger charge is -2.07. The smallest absolute Gasteiger partial charge is 0.196 e. The fourth-order valence-electron chi connectivity index (χ4n) is 1.63. The second-order valence-electron chi connectivity index (χ2n) is 3.80. The highest BCUT2D eigenvalue weighted by molar-refractivity contribution is 6.32. The third-order valence-corrected chi connectivity index (χ3v) is 2.90. The van der Waals surface area contributed by atoms with Crippen LogP contribution >= 0.6 is 11.6 Å². The summed E-state index contributed by atoms with van der Waals surface area (Å²) in [5, 5.41) is 0.332. The second-order valence-corrected chi connectivity index (χ2v) is 4.21. The van der Waals surface area contributed by atoms with Crippen molar-refractivity contribution < 1.29 is 18.3 Å². The Bertz CT molecular complexity index is 641. The van der Waals surface area contributed by atoms with E-state index in [4.69, 9.17) is 16.3 Å². The lowest BCUT2D eigenvalue weighted by atomic mass is 10.0. The van der Waals surface area contributed by atoms with Gasteiger partial charge in [0.2, 0.25) is 0 Å². The van der Waals surface area contributed by atoms with Crippen molar-refractivity contribution in [1.82, 2.24) is 0 Å². The van der Waals surface area contributed by atoms with Crippen molar-refractivity contribution in [3.05, 3.63) is 64.2 Å². The number of carbonyl (C=O) groups is 1. The number of rotatable bonds is 3. The van der Waals surface area contributed by atoms with Gasteiger partial charge in [-0.15, -0.1) is 0 Å². The van der Waals surface area contributed by atoms with E-state index in [0.29, 0.717) is 10.8 Å². The third kappa shape index (κ3) is 2.74. The molecule has 0 amide bonds. The van der Waals surface area contributed by atoms with E-state index in [0.717, 1.165) is 18.2 Å². The van der Waals surface area contributed by atoms with Gasteiger partial charge in [0.05, 0.1) is 17.7 Å². The maximum atomic E-state index is 13.5. The van der Waals surface area contributed by atoms with E-state index in [1.165, 1.54) is 25.3 Å². The van der Waals surface area contributed by atoms with Crippen LogP contribution in [0.2, 0.25) is 5.02 Å². The molecule has 5 heteroatoms. The minimum atomic E-state index is -0.777. The quantitative estimate of drug-likeness (QED) is 0.799. The molecule has 2 aromatic carbocycles. The number of carbonyl (C=O) groups excluding carboxylic acids is 1. The van der Waals surface area contributed by atoms with Gasteiger partial charge in [-0.25, -0.2) is 8.78 Å². The van der Waals surface area contributed by atoms with Crippen molar-refractivity contribution in [2.75, 3.05) is 7.11 Å². The largest absolute Gasteiger partial charge is 0.495 e. The number of hydrogen-bond acceptors (Lipinski definition) is 2. The molecule has 0 saturated heterocycles. The first kappa shape index (κ1) is 13.5. The van der Waals surface area contributed by atoms with Crippen LogP contribution in [0.3, 0.4) is 0 Å². The zero-order valence-corrected chi connectivity index (χ0v) is 10.7. The van der Waals surface area contributed by atoms with Crippen LogP contribution in [0.15, 0.2) is 36.4 Å². The molecule has 2 aromatic rings. The summed E-state index contributed by atoms with van der Waals surface area (Å²) in [5.41, 5.74) is -0.157. The standard InChI is InChI=1S/C14H9ClF2O2/c1-19-13-6-8(2-4-11(13)15)14(18)10-7-9(16)3-5-12(10)17/h2-7H,1H3. The van der Waals surface area contributed by atoms with Crippen LogP contribution in [0, 0.1) is 11.6 Å². The molecule has 2 rings (SSSR count). The van der Waals surface area contributed by atoms with Gasteiger partial charge in [0.15, 0.2) is 5.78 Å². The predicted molar refractivity (Wildman–Crippen MR) is 67.8 cm³/mol. The third-order valence-electron chi connectivity index (χ3n) is 2.59. The Morgan fingerprint density at radius 3 is 2.58 bits per heavy atom. The predicted octanol–water partition coefficient (Wildman–Crippen LogP) is 3.86. The molecule has 2 nitrogen and oxygen atoms in total. The average molecular weight is 283 g/mol. The minimum Gasteiger partial charge on any atom is -0.495 e. The van der Waals surface area contributed by atoms with Gasteiger partial charge < -0.3 is 4.74 Å². The molecule has 0 aromatic heterocycles. The molecule has 0 aliphatic rings. The number of hydrogen-bond donors (Lipinski definition) is 0. The monoisotopic (exact) mass is 282 g/mol. The van der Waals surface area contributed by atoms with E-state index in [-0.39, 0.29) is 11.1 Å². The number of benzene rings is 2. The summed E-state index contributed by atoms with van der Waals surface area (Å²) in [6.45, 7) is 0. The number of ketones is 1. The Balaban J connectivity index is 2.47. The molecule has 98 valence electrons. The van der Waals surface area contributed by atoms with Crippen molar-refractivity contribution in [2.45, 2.75) is 0 Å². The van der Waals surface area contributed by atoms with Crippen molar-refractivity contribution in [1.29, 1.82) is 0 Å². The SMILES string of the molecule is COc1cc(C(=O)c2cc(F)ccc2F)ccc1Cl. The summed E-state index contributed by atoms with van der Waals surface area (Å²) in [6.07, 6.45) is 0. The van der Waals surface area contributed by atoms with Gasteiger partial charge in [-0.1, -0.05) is 11.6 Å². The summed E-state index contributed by atoms with van der Waals surface area (Å²) in [5.74, 6) is -1.79. The molecule has 19 heavy (non-hydrogen) atoms. The number of methoxy groups -OCH3 is 1. The molecular weight excluding hydrogens is 274 g/mol. The van der Waals surface area contributed by atoms with E-state index in [9.17, 15) is 13.6 Å². The highest BCUT2D eigenvalue weighted by atomic mass is 35.5. The molecule has 0 saturated carbocycles. The number of ether oxygens (including phenoxy) is 1. The van der Waals surface area contributed by atoms with Gasteiger partial charge in [0.1, 0.15) is 17.4 Å². The molecule has 0 radical (unpaired) electrons. The van der Waals surface area contributed by atoms with E-state index in [1.807, 2.05) is 0 Å². The van der Waals surface area contributed by atoms with Crippen LogP contribution in [0.1, 0.15) is 15.9 Å². The summed E-state index contributed by atoms with van der Waals surface area (Å²) in [6, 6.07) is 7.00. The Kier molecular flexibility index (Phi) is 3.81. The zero-order valence-electron chi connectivity index (χ0n) is 9.91. The maximum absolute atomic E-state index is 13.5. The lowest BCUT2D eigenvalue weighted by Crippen LogP contribution is -2.05. The molecular formula is C14H9ClF2O2. The molecule has 0 aliphatic heterocycles. The Hall–Kier alpha value is -1.94. The van der Waals surface area contributed by atoms with Crippen LogP contribution in [0.4, 0.5) is 8.78 Å². The normalized spacial score (nSPS) is 10.3. The molecule has 0 aliphatic carbocycles. The van der Waals surface area contributed by atoms with Gasteiger partial charge in [-0.2, -0.15) is 0 Å². The lowest BCUT2D eigenvalue weighted by molar-refractivity contribution is 0.103. The van der Waals surface area contributed by atoms with Crippen molar-refractivity contribution in [3.63, 3.8) is 0 Å². The van der Waals surface area contributed by atoms with E-state index < -0.39 is 17.4 Å². The number of halogens is 3. The van der Waals surface area contributed by atoms with E-state index >= 15 is 0 Å². The van der Waals surface area contributed by atoms with Crippen molar-refractivity contribution in [2.24, 2.45) is 0 Å². The van der Waals surface area contributed by atoms with Crippen LogP contribution in [-0.2, 0) is 0 Å². The fourth-order valence-corrected chi connectivity index (χ4v) is 1.82. The van der Waals surface area contributed by atoms with Gasteiger partial charge in [0.25, 0.3) is 0 Å². The molecule has 0 atom stereocenters. The maximum Gasteiger partial charge on any atom is 0.196 e. The van der Waals surface area contributed by atoms with Gasteiger partial charge in [-0.3, -0.25) is 4.79 Å². The first-order chi connectivity index (χ1) is 9.02. The van der Waals surface area contributed by atoms with Gasteiger partial charge in [0, 0.05) is 5.56 Å². The van der Waals surface area contributed by atoms with Crippen LogP contribution < -0.4 is 4.74 Å². The van der Waals surface area contributed by atoms with Crippen LogP contribution in [0.5, 0.6) is 5.75 Å². The van der Waals surface area contributed by atoms with Gasteiger partial charge >= 0.3 is 0 Å². The highest BCUT2D eigenvalue weighted by Crippen LogP contribution is 2.26. The second kappa shape index (κ2) is 5.36.